The van der Waals surface area contributed by atoms with Crippen LogP contribution in [-0.2, 0) is 0 Å². The first-order chi connectivity index (χ1) is 6.18. The average Bonchev–Trinajstić information content (AvgIpc) is 2.17. The van der Waals surface area contributed by atoms with Crippen LogP contribution in [0.1, 0.15) is 66.2 Å². The van der Waals surface area contributed by atoms with Gasteiger partial charge in [0.2, 0.25) is 0 Å². The molecule has 0 spiro atoms. The Kier molecular flexibility index (Phi) is 3.82. The van der Waals surface area contributed by atoms with Crippen LogP contribution in [0.3, 0.4) is 0 Å². The molecule has 0 aliphatic heterocycles. The molecule has 1 saturated carbocycles. The van der Waals surface area contributed by atoms with Crippen LogP contribution < -0.4 is 0 Å². The molecule has 0 N–H and O–H groups in total. The van der Waals surface area contributed by atoms with Crippen LogP contribution in [0, 0.1) is 17.3 Å². The second-order valence-corrected chi connectivity index (χ2v) is 5.08. The van der Waals surface area contributed by atoms with E-state index in [2.05, 4.69) is 27.7 Å². The summed E-state index contributed by atoms with van der Waals surface area (Å²) in [5, 5.41) is 0. The van der Waals surface area contributed by atoms with Crippen LogP contribution in [0.2, 0.25) is 0 Å². The Hall–Kier alpha value is 0. The molecule has 1 aliphatic rings. The highest BCUT2D eigenvalue weighted by atomic mass is 14.4. The summed E-state index contributed by atoms with van der Waals surface area (Å²) < 4.78 is 0. The molecule has 0 saturated heterocycles. The van der Waals surface area contributed by atoms with Gasteiger partial charge in [0.1, 0.15) is 0 Å². The number of hydrogen-bond donors (Lipinski definition) is 0. The first kappa shape index (κ1) is 11.1. The fourth-order valence-electron chi connectivity index (χ4n) is 3.48. The molecular weight excluding hydrogens is 156 g/mol. The molecule has 1 rings (SSSR count). The Morgan fingerprint density at radius 1 is 1.15 bits per heavy atom. The van der Waals surface area contributed by atoms with Crippen molar-refractivity contribution in [3.63, 3.8) is 0 Å². The third-order valence-corrected chi connectivity index (χ3v) is 4.56. The summed E-state index contributed by atoms with van der Waals surface area (Å²) in [7, 11) is 0. The van der Waals surface area contributed by atoms with Gasteiger partial charge >= 0.3 is 0 Å². The number of hydrogen-bond acceptors (Lipinski definition) is 0. The van der Waals surface area contributed by atoms with E-state index < -0.39 is 0 Å². The minimum absolute atomic E-state index is 0.660. The van der Waals surface area contributed by atoms with E-state index in [4.69, 9.17) is 0 Å². The maximum absolute atomic E-state index is 2.52. The van der Waals surface area contributed by atoms with Crippen LogP contribution in [0.15, 0.2) is 0 Å². The highest BCUT2D eigenvalue weighted by Gasteiger charge is 2.38. The summed E-state index contributed by atoms with van der Waals surface area (Å²) in [5.74, 6) is 2.01. The molecule has 0 aromatic heterocycles. The predicted molar refractivity (Wildman–Crippen MR) is 59.8 cm³/mol. The molecule has 0 radical (unpaired) electrons. The minimum Gasteiger partial charge on any atom is -0.0651 e. The summed E-state index contributed by atoms with van der Waals surface area (Å²) in [6, 6.07) is 0. The standard InChI is InChI=1S/C13H26/c1-5-11-9-8-10-13(4,7-3)12(11)6-2/h11-12H,5-10H2,1-4H3. The maximum atomic E-state index is 2.52. The van der Waals surface area contributed by atoms with Crippen molar-refractivity contribution in [2.45, 2.75) is 66.2 Å². The van der Waals surface area contributed by atoms with Gasteiger partial charge in [-0.25, -0.2) is 0 Å². The highest BCUT2D eigenvalue weighted by molar-refractivity contribution is 4.88. The molecule has 3 unspecified atom stereocenters. The van der Waals surface area contributed by atoms with Crippen molar-refractivity contribution in [2.75, 3.05) is 0 Å². The van der Waals surface area contributed by atoms with E-state index in [1.165, 1.54) is 38.5 Å². The molecule has 1 aliphatic carbocycles. The van der Waals surface area contributed by atoms with Gasteiger partial charge in [0, 0.05) is 0 Å². The molecule has 0 aromatic carbocycles. The summed E-state index contributed by atoms with van der Waals surface area (Å²) in [6.45, 7) is 9.64. The van der Waals surface area contributed by atoms with Crippen molar-refractivity contribution >= 4 is 0 Å². The lowest BCUT2D eigenvalue weighted by atomic mass is 9.60. The van der Waals surface area contributed by atoms with Gasteiger partial charge < -0.3 is 0 Å². The topological polar surface area (TPSA) is 0 Å². The van der Waals surface area contributed by atoms with Gasteiger partial charge in [-0.3, -0.25) is 0 Å². The molecule has 0 heteroatoms. The predicted octanol–water partition coefficient (Wildman–Crippen LogP) is 4.64. The molecule has 1 fully saturated rings. The van der Waals surface area contributed by atoms with Gasteiger partial charge in [0.05, 0.1) is 0 Å². The average molecular weight is 182 g/mol. The van der Waals surface area contributed by atoms with Crippen molar-refractivity contribution in [1.82, 2.24) is 0 Å². The van der Waals surface area contributed by atoms with Gasteiger partial charge in [-0.1, -0.05) is 59.8 Å². The van der Waals surface area contributed by atoms with Gasteiger partial charge in [-0.15, -0.1) is 0 Å². The monoisotopic (exact) mass is 182 g/mol. The molecule has 0 bridgehead atoms. The second kappa shape index (κ2) is 4.48. The fraction of sp³-hybridized carbons (Fsp3) is 1.00. The Balaban J connectivity index is 2.72. The van der Waals surface area contributed by atoms with Gasteiger partial charge in [0.25, 0.3) is 0 Å². The molecular formula is C13H26. The van der Waals surface area contributed by atoms with E-state index in [0.29, 0.717) is 5.41 Å². The third kappa shape index (κ3) is 2.08. The zero-order valence-corrected chi connectivity index (χ0v) is 9.90. The first-order valence-corrected chi connectivity index (χ1v) is 6.18. The Bertz CT molecular complexity index is 150. The van der Waals surface area contributed by atoms with Crippen molar-refractivity contribution in [3.05, 3.63) is 0 Å². The molecule has 0 amide bonds. The Labute approximate surface area is 84.1 Å². The van der Waals surface area contributed by atoms with Crippen molar-refractivity contribution < 1.29 is 0 Å². The minimum atomic E-state index is 0.660. The van der Waals surface area contributed by atoms with Crippen molar-refractivity contribution in [1.29, 1.82) is 0 Å². The zero-order chi connectivity index (χ0) is 9.90. The number of rotatable bonds is 3. The normalized spacial score (nSPS) is 40.6. The van der Waals surface area contributed by atoms with E-state index in [0.717, 1.165) is 11.8 Å². The first-order valence-electron chi connectivity index (χ1n) is 6.18. The summed E-state index contributed by atoms with van der Waals surface area (Å²) >= 11 is 0. The Morgan fingerprint density at radius 2 is 1.85 bits per heavy atom. The van der Waals surface area contributed by atoms with E-state index >= 15 is 0 Å². The van der Waals surface area contributed by atoms with Crippen LogP contribution in [0.25, 0.3) is 0 Å². The molecule has 3 atom stereocenters. The fourth-order valence-corrected chi connectivity index (χ4v) is 3.48. The van der Waals surface area contributed by atoms with Crippen LogP contribution >= 0.6 is 0 Å². The van der Waals surface area contributed by atoms with Crippen LogP contribution in [0.5, 0.6) is 0 Å². The highest BCUT2D eigenvalue weighted by Crippen LogP contribution is 2.48. The molecule has 13 heavy (non-hydrogen) atoms. The SMILES string of the molecule is CCC1CCCC(C)(CC)C1CC. The van der Waals surface area contributed by atoms with Gasteiger partial charge in [0.15, 0.2) is 0 Å². The van der Waals surface area contributed by atoms with Gasteiger partial charge in [-0.2, -0.15) is 0 Å². The van der Waals surface area contributed by atoms with E-state index in [9.17, 15) is 0 Å². The largest absolute Gasteiger partial charge is 0.0651 e. The third-order valence-electron chi connectivity index (χ3n) is 4.56. The van der Waals surface area contributed by atoms with E-state index in [1.54, 1.807) is 0 Å². The second-order valence-electron chi connectivity index (χ2n) is 5.08. The van der Waals surface area contributed by atoms with Crippen LogP contribution in [0.4, 0.5) is 0 Å². The lowest BCUT2D eigenvalue weighted by Gasteiger charge is -2.45. The zero-order valence-electron chi connectivity index (χ0n) is 9.90. The molecule has 0 nitrogen and oxygen atoms in total. The molecule has 0 heterocycles. The lowest BCUT2D eigenvalue weighted by Crippen LogP contribution is -2.36. The molecule has 78 valence electrons. The van der Waals surface area contributed by atoms with E-state index in [-0.39, 0.29) is 0 Å². The van der Waals surface area contributed by atoms with Crippen LogP contribution in [-0.4, -0.2) is 0 Å². The summed E-state index contributed by atoms with van der Waals surface area (Å²) in [4.78, 5) is 0. The quantitative estimate of drug-likeness (QED) is 0.596. The summed E-state index contributed by atoms with van der Waals surface area (Å²) in [6.07, 6.45) is 8.60. The smallest absolute Gasteiger partial charge is 0.0298 e. The van der Waals surface area contributed by atoms with E-state index in [1.807, 2.05) is 0 Å². The molecule has 0 aromatic rings. The van der Waals surface area contributed by atoms with Crippen molar-refractivity contribution in [2.24, 2.45) is 17.3 Å². The Morgan fingerprint density at radius 3 is 2.31 bits per heavy atom. The summed E-state index contributed by atoms with van der Waals surface area (Å²) in [5.41, 5.74) is 0.660. The lowest BCUT2D eigenvalue weighted by molar-refractivity contribution is 0.0482. The van der Waals surface area contributed by atoms with Crippen molar-refractivity contribution in [3.8, 4) is 0 Å². The van der Waals surface area contributed by atoms with Gasteiger partial charge in [-0.05, 0) is 23.7 Å². The maximum Gasteiger partial charge on any atom is -0.0298 e.